The summed E-state index contributed by atoms with van der Waals surface area (Å²) in [4.78, 5) is 13.3. The van der Waals surface area contributed by atoms with Gasteiger partial charge in [0.1, 0.15) is 10.8 Å². The van der Waals surface area contributed by atoms with Crippen LogP contribution in [0.1, 0.15) is 30.0 Å². The van der Waals surface area contributed by atoms with Crippen molar-refractivity contribution in [1.82, 2.24) is 19.8 Å². The zero-order chi connectivity index (χ0) is 19.7. The average molecular weight is 393 g/mol. The number of fused-ring (bicyclic) bond motifs is 1. The monoisotopic (exact) mass is 393 g/mol. The highest BCUT2D eigenvalue weighted by Gasteiger charge is 2.12. The number of nitrogens with zero attached hydrogens (tertiary/aromatic N) is 4. The van der Waals surface area contributed by atoms with Crippen LogP contribution in [0.2, 0.25) is 0 Å². The standard InChI is InChI=1S/C20H19N5O2S/c1-12(2)27-17-9-7-14(8-10-17)18(26)21-16-6-4-5-15(11-16)19-24-25-13(3)22-23-20(25)28-19/h4-12H,1-3H3,(H,21,26). The Morgan fingerprint density at radius 1 is 1.14 bits per heavy atom. The Morgan fingerprint density at radius 3 is 2.64 bits per heavy atom. The Bertz CT molecular complexity index is 1130. The lowest BCUT2D eigenvalue weighted by Gasteiger charge is -2.10. The number of ether oxygens (including phenoxy) is 1. The van der Waals surface area contributed by atoms with Gasteiger partial charge in [0.05, 0.1) is 6.10 Å². The van der Waals surface area contributed by atoms with Crippen molar-refractivity contribution in [2.75, 3.05) is 5.32 Å². The van der Waals surface area contributed by atoms with Crippen molar-refractivity contribution in [2.24, 2.45) is 0 Å². The molecule has 0 atom stereocenters. The molecule has 0 spiro atoms. The largest absolute Gasteiger partial charge is 0.491 e. The lowest BCUT2D eigenvalue weighted by Crippen LogP contribution is -2.12. The highest BCUT2D eigenvalue weighted by Crippen LogP contribution is 2.27. The number of amides is 1. The second-order valence-electron chi connectivity index (χ2n) is 6.57. The molecule has 0 aliphatic heterocycles. The molecule has 2 aromatic carbocycles. The first-order valence-electron chi connectivity index (χ1n) is 8.87. The molecule has 0 radical (unpaired) electrons. The van der Waals surface area contributed by atoms with Crippen LogP contribution < -0.4 is 10.1 Å². The van der Waals surface area contributed by atoms with Crippen LogP contribution in [-0.4, -0.2) is 31.8 Å². The zero-order valence-corrected chi connectivity index (χ0v) is 16.5. The molecular weight excluding hydrogens is 374 g/mol. The molecule has 28 heavy (non-hydrogen) atoms. The third-order valence-corrected chi connectivity index (χ3v) is 4.95. The van der Waals surface area contributed by atoms with Crippen molar-refractivity contribution in [3.05, 3.63) is 59.9 Å². The van der Waals surface area contributed by atoms with E-state index < -0.39 is 0 Å². The third kappa shape index (κ3) is 3.72. The lowest BCUT2D eigenvalue weighted by molar-refractivity contribution is 0.102. The topological polar surface area (TPSA) is 81.4 Å². The average Bonchev–Trinajstić information content (AvgIpc) is 3.24. The van der Waals surface area contributed by atoms with Gasteiger partial charge in [-0.15, -0.1) is 10.2 Å². The van der Waals surface area contributed by atoms with E-state index in [1.807, 2.05) is 45.0 Å². The van der Waals surface area contributed by atoms with Crippen molar-refractivity contribution in [1.29, 1.82) is 0 Å². The summed E-state index contributed by atoms with van der Waals surface area (Å²) < 4.78 is 7.32. The summed E-state index contributed by atoms with van der Waals surface area (Å²) in [6.45, 7) is 5.79. The van der Waals surface area contributed by atoms with Crippen LogP contribution in [-0.2, 0) is 0 Å². The van der Waals surface area contributed by atoms with Crippen LogP contribution in [0.4, 0.5) is 5.69 Å². The molecule has 1 N–H and O–H groups in total. The maximum Gasteiger partial charge on any atom is 0.255 e. The molecule has 0 saturated carbocycles. The second kappa shape index (κ2) is 7.40. The van der Waals surface area contributed by atoms with Crippen molar-refractivity contribution >= 4 is 27.9 Å². The maximum absolute atomic E-state index is 12.6. The predicted octanol–water partition coefficient (Wildman–Crippen LogP) is 4.20. The lowest BCUT2D eigenvalue weighted by atomic mass is 10.1. The fourth-order valence-corrected chi connectivity index (χ4v) is 3.60. The number of aryl methyl sites for hydroxylation is 1. The van der Waals surface area contributed by atoms with Crippen molar-refractivity contribution in [3.63, 3.8) is 0 Å². The molecule has 0 bridgehead atoms. The van der Waals surface area contributed by atoms with Gasteiger partial charge in [-0.25, -0.2) is 0 Å². The number of aromatic nitrogens is 4. The summed E-state index contributed by atoms with van der Waals surface area (Å²) >= 11 is 1.45. The van der Waals surface area contributed by atoms with Crippen molar-refractivity contribution in [2.45, 2.75) is 26.9 Å². The van der Waals surface area contributed by atoms with E-state index in [2.05, 4.69) is 20.6 Å². The predicted molar refractivity (Wildman–Crippen MR) is 109 cm³/mol. The number of benzene rings is 2. The molecule has 0 unspecified atom stereocenters. The first-order chi connectivity index (χ1) is 13.5. The van der Waals surface area contributed by atoms with E-state index in [0.717, 1.165) is 27.1 Å². The Hall–Kier alpha value is -3.26. The van der Waals surface area contributed by atoms with E-state index in [4.69, 9.17) is 4.74 Å². The van der Waals surface area contributed by atoms with Crippen LogP contribution in [0.3, 0.4) is 0 Å². The molecular formula is C20H19N5O2S. The van der Waals surface area contributed by atoms with E-state index in [0.29, 0.717) is 11.3 Å². The van der Waals surface area contributed by atoms with Gasteiger partial charge >= 0.3 is 0 Å². The normalized spacial score (nSPS) is 11.1. The third-order valence-electron chi connectivity index (χ3n) is 4.00. The van der Waals surface area contributed by atoms with E-state index in [-0.39, 0.29) is 12.0 Å². The number of rotatable bonds is 5. The number of carbonyl (C=O) groups is 1. The number of nitrogens with one attached hydrogen (secondary N) is 1. The van der Waals surface area contributed by atoms with Gasteiger partial charge in [0.25, 0.3) is 5.91 Å². The van der Waals surface area contributed by atoms with Crippen LogP contribution in [0.5, 0.6) is 5.75 Å². The highest BCUT2D eigenvalue weighted by molar-refractivity contribution is 7.19. The van der Waals surface area contributed by atoms with E-state index >= 15 is 0 Å². The zero-order valence-electron chi connectivity index (χ0n) is 15.7. The fourth-order valence-electron chi connectivity index (χ4n) is 2.72. The minimum atomic E-state index is -0.178. The van der Waals surface area contributed by atoms with Crippen molar-refractivity contribution < 1.29 is 9.53 Å². The first-order valence-corrected chi connectivity index (χ1v) is 9.68. The molecule has 142 valence electrons. The van der Waals surface area contributed by atoms with Gasteiger partial charge in [0.15, 0.2) is 5.82 Å². The van der Waals surface area contributed by atoms with Gasteiger partial charge in [-0.05, 0) is 57.2 Å². The van der Waals surface area contributed by atoms with Crippen LogP contribution in [0.25, 0.3) is 15.5 Å². The Morgan fingerprint density at radius 2 is 1.93 bits per heavy atom. The fraction of sp³-hybridized carbons (Fsp3) is 0.200. The number of hydrogen-bond donors (Lipinski definition) is 1. The molecule has 7 nitrogen and oxygen atoms in total. The Balaban J connectivity index is 1.52. The number of hydrogen-bond acceptors (Lipinski definition) is 6. The molecule has 0 saturated heterocycles. The van der Waals surface area contributed by atoms with Gasteiger partial charge in [-0.2, -0.15) is 9.61 Å². The van der Waals surface area contributed by atoms with Gasteiger partial charge in [0, 0.05) is 16.8 Å². The van der Waals surface area contributed by atoms with E-state index in [9.17, 15) is 4.79 Å². The summed E-state index contributed by atoms with van der Waals surface area (Å²) in [5.41, 5.74) is 2.18. The molecule has 1 amide bonds. The quantitative estimate of drug-likeness (QED) is 0.549. The molecule has 0 aliphatic rings. The smallest absolute Gasteiger partial charge is 0.255 e. The first kappa shape index (κ1) is 18.1. The maximum atomic E-state index is 12.6. The summed E-state index contributed by atoms with van der Waals surface area (Å²) in [7, 11) is 0. The van der Waals surface area contributed by atoms with Crippen LogP contribution >= 0.6 is 11.3 Å². The minimum absolute atomic E-state index is 0.0932. The number of anilines is 1. The molecule has 4 rings (SSSR count). The van der Waals surface area contributed by atoms with Gasteiger partial charge in [0.2, 0.25) is 4.96 Å². The summed E-state index contributed by atoms with van der Waals surface area (Å²) in [6, 6.07) is 14.7. The Labute approximate surface area is 166 Å². The molecule has 0 fully saturated rings. The van der Waals surface area contributed by atoms with E-state index in [1.165, 1.54) is 11.3 Å². The van der Waals surface area contributed by atoms with E-state index in [1.54, 1.807) is 28.8 Å². The minimum Gasteiger partial charge on any atom is -0.491 e. The summed E-state index contributed by atoms with van der Waals surface area (Å²) in [6.07, 6.45) is 0.0932. The van der Waals surface area contributed by atoms with Crippen molar-refractivity contribution in [3.8, 4) is 16.3 Å². The molecule has 0 aliphatic carbocycles. The Kier molecular flexibility index (Phi) is 4.79. The van der Waals surface area contributed by atoms with Gasteiger partial charge in [-0.3, -0.25) is 4.79 Å². The number of carbonyl (C=O) groups excluding carboxylic acids is 1. The van der Waals surface area contributed by atoms with Gasteiger partial charge < -0.3 is 10.1 Å². The molecule has 8 heteroatoms. The second-order valence-corrected chi connectivity index (χ2v) is 7.53. The summed E-state index contributed by atoms with van der Waals surface area (Å²) in [5, 5.41) is 16.4. The SMILES string of the molecule is Cc1nnc2sc(-c3cccc(NC(=O)c4ccc(OC(C)C)cc4)c3)nn12. The summed E-state index contributed by atoms with van der Waals surface area (Å²) in [5.74, 6) is 1.31. The molecule has 2 heterocycles. The van der Waals surface area contributed by atoms with Crippen LogP contribution in [0.15, 0.2) is 48.5 Å². The van der Waals surface area contributed by atoms with Crippen LogP contribution in [0, 0.1) is 6.92 Å². The molecule has 4 aromatic rings. The highest BCUT2D eigenvalue weighted by atomic mass is 32.1. The molecule has 2 aromatic heterocycles. The van der Waals surface area contributed by atoms with Gasteiger partial charge in [-0.1, -0.05) is 23.5 Å².